The van der Waals surface area contributed by atoms with Crippen LogP contribution in [0.15, 0.2) is 30.3 Å². The van der Waals surface area contributed by atoms with Gasteiger partial charge in [0.05, 0.1) is 0 Å². The lowest BCUT2D eigenvalue weighted by Crippen LogP contribution is -2.49. The number of amides is 2. The zero-order valence-corrected chi connectivity index (χ0v) is 13.9. The monoisotopic (exact) mass is 317 g/mol. The fourth-order valence-electron chi connectivity index (χ4n) is 2.85. The van der Waals surface area contributed by atoms with E-state index in [1.807, 2.05) is 35.2 Å². The Labute approximate surface area is 138 Å². The molecule has 1 atom stereocenters. The third-order valence-electron chi connectivity index (χ3n) is 4.41. The molecule has 23 heavy (non-hydrogen) atoms. The fraction of sp³-hybridized carbons (Fsp3) is 0.556. The van der Waals surface area contributed by atoms with Crippen molar-refractivity contribution in [3.05, 3.63) is 35.9 Å². The first-order valence-electron chi connectivity index (χ1n) is 8.42. The first-order chi connectivity index (χ1) is 11.0. The van der Waals surface area contributed by atoms with E-state index in [4.69, 9.17) is 5.73 Å². The van der Waals surface area contributed by atoms with Gasteiger partial charge >= 0.3 is 0 Å². The zero-order chi connectivity index (χ0) is 16.7. The number of nitrogens with two attached hydrogens (primary N) is 1. The summed E-state index contributed by atoms with van der Waals surface area (Å²) in [6.45, 7) is 3.79. The molecule has 2 rings (SSSR count). The second kappa shape index (κ2) is 8.11. The normalized spacial score (nSPS) is 18.2. The molecule has 5 heteroatoms. The summed E-state index contributed by atoms with van der Waals surface area (Å²) in [5.74, 6) is 0.0488. The minimum atomic E-state index is -1.04. The number of hydrogen-bond donors (Lipinski definition) is 2. The van der Waals surface area contributed by atoms with E-state index in [2.05, 4.69) is 5.32 Å². The average Bonchev–Trinajstić information content (AvgIpc) is 2.76. The Morgan fingerprint density at radius 1 is 1.26 bits per heavy atom. The van der Waals surface area contributed by atoms with Crippen LogP contribution in [-0.4, -0.2) is 36.3 Å². The number of nitrogens with zero attached hydrogens (tertiary/aromatic N) is 1. The predicted octanol–water partition coefficient (Wildman–Crippen LogP) is 1.77. The Hall–Kier alpha value is -1.88. The largest absolute Gasteiger partial charge is 0.354 e. The summed E-state index contributed by atoms with van der Waals surface area (Å²) in [6, 6.07) is 9.36. The lowest BCUT2D eigenvalue weighted by molar-refractivity contribution is -0.130. The molecule has 1 heterocycles. The van der Waals surface area contributed by atoms with Crippen molar-refractivity contribution in [2.45, 2.75) is 44.6 Å². The molecule has 0 aromatic heterocycles. The topological polar surface area (TPSA) is 75.4 Å². The van der Waals surface area contributed by atoms with Gasteiger partial charge in [0.1, 0.15) is 5.54 Å². The van der Waals surface area contributed by atoms with Gasteiger partial charge in [-0.15, -0.1) is 0 Å². The molecule has 1 saturated heterocycles. The van der Waals surface area contributed by atoms with Crippen LogP contribution in [0.5, 0.6) is 0 Å². The molecule has 0 aliphatic carbocycles. The first-order valence-corrected chi connectivity index (χ1v) is 8.42. The summed E-state index contributed by atoms with van der Waals surface area (Å²) < 4.78 is 0. The molecular formula is C18H27N3O2. The maximum absolute atomic E-state index is 12.3. The Bertz CT molecular complexity index is 528. The van der Waals surface area contributed by atoms with E-state index in [1.165, 1.54) is 0 Å². The van der Waals surface area contributed by atoms with Crippen molar-refractivity contribution in [1.29, 1.82) is 0 Å². The third kappa shape index (κ3) is 4.79. The molecule has 1 fully saturated rings. The van der Waals surface area contributed by atoms with Crippen LogP contribution in [0.1, 0.15) is 44.6 Å². The summed E-state index contributed by atoms with van der Waals surface area (Å²) in [4.78, 5) is 26.1. The number of likely N-dealkylation sites (tertiary alicyclic amines) is 1. The zero-order valence-electron chi connectivity index (χ0n) is 13.9. The van der Waals surface area contributed by atoms with Crippen molar-refractivity contribution < 1.29 is 9.59 Å². The molecule has 2 amide bonds. The molecule has 0 spiro atoms. The summed E-state index contributed by atoms with van der Waals surface area (Å²) in [6.07, 6.45) is 4.60. The van der Waals surface area contributed by atoms with Crippen LogP contribution in [0.25, 0.3) is 0 Å². The van der Waals surface area contributed by atoms with Crippen molar-refractivity contribution in [3.8, 4) is 0 Å². The van der Waals surface area contributed by atoms with Gasteiger partial charge in [-0.25, -0.2) is 0 Å². The molecular weight excluding hydrogens is 290 g/mol. The van der Waals surface area contributed by atoms with E-state index in [1.54, 1.807) is 6.92 Å². The highest BCUT2D eigenvalue weighted by Gasteiger charge is 2.29. The van der Waals surface area contributed by atoms with Crippen molar-refractivity contribution in [2.24, 2.45) is 5.73 Å². The van der Waals surface area contributed by atoms with Gasteiger partial charge in [0.15, 0.2) is 0 Å². The van der Waals surface area contributed by atoms with Gasteiger partial charge in [-0.1, -0.05) is 36.8 Å². The van der Waals surface area contributed by atoms with Crippen LogP contribution < -0.4 is 11.1 Å². The van der Waals surface area contributed by atoms with Crippen LogP contribution in [0.3, 0.4) is 0 Å². The standard InChI is InChI=1S/C18H27N3O2/c1-18(19,15-9-4-2-5-10-15)17(23)20-12-8-14-21-13-7-3-6-11-16(21)22/h2,4-5,9-10H,3,6-8,11-14,19H2,1H3,(H,20,23). The van der Waals surface area contributed by atoms with Crippen LogP contribution in [0.2, 0.25) is 0 Å². The maximum atomic E-state index is 12.3. The molecule has 5 nitrogen and oxygen atoms in total. The van der Waals surface area contributed by atoms with Gasteiger partial charge in [-0.2, -0.15) is 0 Å². The number of nitrogens with one attached hydrogen (secondary N) is 1. The van der Waals surface area contributed by atoms with E-state index < -0.39 is 5.54 Å². The minimum absolute atomic E-state index is 0.189. The van der Waals surface area contributed by atoms with Crippen molar-refractivity contribution in [3.63, 3.8) is 0 Å². The Kier molecular flexibility index (Phi) is 6.16. The van der Waals surface area contributed by atoms with Crippen molar-refractivity contribution >= 4 is 11.8 Å². The van der Waals surface area contributed by atoms with Gasteiger partial charge in [0, 0.05) is 26.1 Å². The van der Waals surface area contributed by atoms with Crippen molar-refractivity contribution in [2.75, 3.05) is 19.6 Å². The molecule has 1 aromatic carbocycles. The molecule has 0 bridgehead atoms. The quantitative estimate of drug-likeness (QED) is 0.785. The van der Waals surface area contributed by atoms with Gasteiger partial charge in [0.2, 0.25) is 11.8 Å². The highest BCUT2D eigenvalue weighted by atomic mass is 16.2. The number of rotatable bonds is 6. The number of hydrogen-bond acceptors (Lipinski definition) is 3. The first kappa shape index (κ1) is 17.5. The van der Waals surface area contributed by atoms with Crippen LogP contribution >= 0.6 is 0 Å². The number of benzene rings is 1. The predicted molar refractivity (Wildman–Crippen MR) is 90.7 cm³/mol. The smallest absolute Gasteiger partial charge is 0.244 e. The van der Waals surface area contributed by atoms with E-state index in [9.17, 15) is 9.59 Å². The second-order valence-corrected chi connectivity index (χ2v) is 6.37. The van der Waals surface area contributed by atoms with Crippen LogP contribution in [0.4, 0.5) is 0 Å². The highest BCUT2D eigenvalue weighted by molar-refractivity contribution is 5.86. The van der Waals surface area contributed by atoms with E-state index >= 15 is 0 Å². The molecule has 3 N–H and O–H groups in total. The summed E-state index contributed by atoms with van der Waals surface area (Å²) in [5.41, 5.74) is 5.92. The van der Waals surface area contributed by atoms with Crippen LogP contribution in [0, 0.1) is 0 Å². The van der Waals surface area contributed by atoms with Gasteiger partial charge in [0.25, 0.3) is 0 Å². The van der Waals surface area contributed by atoms with E-state index in [0.717, 1.165) is 37.8 Å². The molecule has 1 aliphatic heterocycles. The molecule has 0 radical (unpaired) electrons. The second-order valence-electron chi connectivity index (χ2n) is 6.37. The number of carbonyl (C=O) groups is 2. The molecule has 1 aliphatic rings. The van der Waals surface area contributed by atoms with Gasteiger partial charge in [-0.05, 0) is 31.7 Å². The van der Waals surface area contributed by atoms with E-state index in [-0.39, 0.29) is 11.8 Å². The van der Waals surface area contributed by atoms with Gasteiger partial charge < -0.3 is 16.0 Å². The molecule has 1 aromatic rings. The van der Waals surface area contributed by atoms with Crippen molar-refractivity contribution in [1.82, 2.24) is 10.2 Å². The highest BCUT2D eigenvalue weighted by Crippen LogP contribution is 2.17. The summed E-state index contributed by atoms with van der Waals surface area (Å²) in [7, 11) is 0. The number of carbonyl (C=O) groups excluding carboxylic acids is 2. The molecule has 0 saturated carbocycles. The lowest BCUT2D eigenvalue weighted by atomic mass is 9.92. The Balaban J connectivity index is 1.77. The average molecular weight is 317 g/mol. The Morgan fingerprint density at radius 2 is 2.00 bits per heavy atom. The maximum Gasteiger partial charge on any atom is 0.244 e. The lowest BCUT2D eigenvalue weighted by Gasteiger charge is -2.25. The van der Waals surface area contributed by atoms with E-state index in [0.29, 0.717) is 19.5 Å². The molecule has 1 unspecified atom stereocenters. The SMILES string of the molecule is CC(N)(C(=O)NCCCN1CCCCCC1=O)c1ccccc1. The van der Waals surface area contributed by atoms with Crippen LogP contribution in [-0.2, 0) is 15.1 Å². The fourth-order valence-corrected chi connectivity index (χ4v) is 2.85. The minimum Gasteiger partial charge on any atom is -0.354 e. The molecule has 126 valence electrons. The summed E-state index contributed by atoms with van der Waals surface area (Å²) in [5, 5.41) is 2.89. The third-order valence-corrected chi connectivity index (χ3v) is 4.41. The van der Waals surface area contributed by atoms with Gasteiger partial charge in [-0.3, -0.25) is 9.59 Å². The summed E-state index contributed by atoms with van der Waals surface area (Å²) >= 11 is 0. The Morgan fingerprint density at radius 3 is 2.74 bits per heavy atom.